The summed E-state index contributed by atoms with van der Waals surface area (Å²) in [6.07, 6.45) is 2.10. The van der Waals surface area contributed by atoms with Crippen LogP contribution in [0, 0.1) is 23.4 Å². The molecule has 2 amide bonds. The van der Waals surface area contributed by atoms with Crippen molar-refractivity contribution < 1.29 is 22.7 Å². The SMILES string of the molecule is COC[C@@H](NC(=O)N(C)Cc1cc(F)c(F)c(F)c1)C1CC1. The van der Waals surface area contributed by atoms with Crippen LogP contribution < -0.4 is 5.32 Å². The third-order valence-corrected chi connectivity index (χ3v) is 3.66. The second kappa shape index (κ2) is 7.00. The molecule has 22 heavy (non-hydrogen) atoms. The van der Waals surface area contributed by atoms with E-state index in [-0.39, 0.29) is 24.2 Å². The number of benzene rings is 1. The fourth-order valence-electron chi connectivity index (χ4n) is 2.29. The van der Waals surface area contributed by atoms with Gasteiger partial charge in [0.25, 0.3) is 0 Å². The van der Waals surface area contributed by atoms with Gasteiger partial charge in [0, 0.05) is 20.7 Å². The van der Waals surface area contributed by atoms with Gasteiger partial charge in [0.2, 0.25) is 0 Å². The summed E-state index contributed by atoms with van der Waals surface area (Å²) in [7, 11) is 3.07. The van der Waals surface area contributed by atoms with Crippen LogP contribution in [-0.4, -0.2) is 37.7 Å². The molecule has 1 saturated carbocycles. The Morgan fingerprint density at radius 1 is 1.36 bits per heavy atom. The van der Waals surface area contributed by atoms with E-state index in [9.17, 15) is 18.0 Å². The number of methoxy groups -OCH3 is 1. The minimum Gasteiger partial charge on any atom is -0.383 e. The van der Waals surface area contributed by atoms with E-state index in [1.54, 1.807) is 7.11 Å². The fourth-order valence-corrected chi connectivity index (χ4v) is 2.29. The molecule has 7 heteroatoms. The summed E-state index contributed by atoms with van der Waals surface area (Å²) >= 11 is 0. The zero-order chi connectivity index (χ0) is 16.3. The topological polar surface area (TPSA) is 41.6 Å². The van der Waals surface area contributed by atoms with Crippen molar-refractivity contribution in [1.29, 1.82) is 0 Å². The van der Waals surface area contributed by atoms with Gasteiger partial charge in [-0.3, -0.25) is 0 Å². The van der Waals surface area contributed by atoms with Crippen molar-refractivity contribution in [3.8, 4) is 0 Å². The van der Waals surface area contributed by atoms with E-state index in [1.165, 1.54) is 11.9 Å². The van der Waals surface area contributed by atoms with Crippen LogP contribution in [0.1, 0.15) is 18.4 Å². The van der Waals surface area contributed by atoms with Crippen LogP contribution in [0.4, 0.5) is 18.0 Å². The van der Waals surface area contributed by atoms with E-state index in [2.05, 4.69) is 5.32 Å². The highest BCUT2D eigenvalue weighted by Gasteiger charge is 2.32. The lowest BCUT2D eigenvalue weighted by atomic mass is 10.2. The second-order valence-corrected chi connectivity index (χ2v) is 5.58. The van der Waals surface area contributed by atoms with Gasteiger partial charge in [0.1, 0.15) is 0 Å². The zero-order valence-electron chi connectivity index (χ0n) is 12.5. The molecule has 1 aliphatic carbocycles. The highest BCUT2D eigenvalue weighted by atomic mass is 19.2. The third-order valence-electron chi connectivity index (χ3n) is 3.66. The molecule has 1 aromatic rings. The number of carbonyl (C=O) groups excluding carboxylic acids is 1. The standard InChI is InChI=1S/C15H19F3N2O2/c1-20(7-9-5-11(16)14(18)12(17)6-9)15(21)19-13(8-22-2)10-3-4-10/h5-6,10,13H,3-4,7-8H2,1-2H3,(H,19,21)/t13-/m1/s1. The lowest BCUT2D eigenvalue weighted by Crippen LogP contribution is -2.45. The van der Waals surface area contributed by atoms with Gasteiger partial charge in [0.05, 0.1) is 12.6 Å². The maximum absolute atomic E-state index is 13.2. The molecule has 1 fully saturated rings. The second-order valence-electron chi connectivity index (χ2n) is 5.58. The molecule has 1 aromatic carbocycles. The van der Waals surface area contributed by atoms with Crippen molar-refractivity contribution in [3.05, 3.63) is 35.1 Å². The molecule has 4 nitrogen and oxygen atoms in total. The van der Waals surface area contributed by atoms with Crippen LogP contribution in [0.25, 0.3) is 0 Å². The molecular formula is C15H19F3N2O2. The molecule has 0 saturated heterocycles. The molecule has 0 radical (unpaired) electrons. The number of ether oxygens (including phenoxy) is 1. The highest BCUT2D eigenvalue weighted by Crippen LogP contribution is 2.32. The normalized spacial score (nSPS) is 15.5. The van der Waals surface area contributed by atoms with Crippen LogP contribution in [0.15, 0.2) is 12.1 Å². The summed E-state index contributed by atoms with van der Waals surface area (Å²) < 4.78 is 44.3. The van der Waals surface area contributed by atoms with E-state index in [0.29, 0.717) is 12.5 Å². The average molecular weight is 316 g/mol. The first kappa shape index (κ1) is 16.6. The molecule has 1 aliphatic rings. The lowest BCUT2D eigenvalue weighted by Gasteiger charge is -2.23. The molecular weight excluding hydrogens is 297 g/mol. The smallest absolute Gasteiger partial charge is 0.317 e. The molecule has 0 unspecified atom stereocenters. The summed E-state index contributed by atoms with van der Waals surface area (Å²) in [5, 5.41) is 2.84. The fraction of sp³-hybridized carbons (Fsp3) is 0.533. The van der Waals surface area contributed by atoms with E-state index >= 15 is 0 Å². The van der Waals surface area contributed by atoms with Crippen molar-refractivity contribution in [2.75, 3.05) is 20.8 Å². The number of nitrogens with one attached hydrogen (secondary N) is 1. The first-order chi connectivity index (χ1) is 10.4. The first-order valence-electron chi connectivity index (χ1n) is 7.06. The van der Waals surface area contributed by atoms with Crippen LogP contribution in [-0.2, 0) is 11.3 Å². The van der Waals surface area contributed by atoms with Crippen molar-refractivity contribution >= 4 is 6.03 Å². The molecule has 0 heterocycles. The molecule has 1 N–H and O–H groups in total. The molecule has 122 valence electrons. The van der Waals surface area contributed by atoms with E-state index in [4.69, 9.17) is 4.74 Å². The Kier molecular flexibility index (Phi) is 5.28. The summed E-state index contributed by atoms with van der Waals surface area (Å²) in [6, 6.07) is 1.34. The maximum Gasteiger partial charge on any atom is 0.317 e. The van der Waals surface area contributed by atoms with Gasteiger partial charge in [0.15, 0.2) is 17.5 Å². The summed E-state index contributed by atoms with van der Waals surface area (Å²) in [6.45, 7) is 0.397. The van der Waals surface area contributed by atoms with Gasteiger partial charge in [-0.25, -0.2) is 18.0 Å². The molecule has 1 atom stereocenters. The van der Waals surface area contributed by atoms with Gasteiger partial charge < -0.3 is 15.0 Å². The minimum absolute atomic E-state index is 0.0235. The predicted molar refractivity (Wildman–Crippen MR) is 74.7 cm³/mol. The van der Waals surface area contributed by atoms with Crippen molar-refractivity contribution in [1.82, 2.24) is 10.2 Å². The van der Waals surface area contributed by atoms with Crippen molar-refractivity contribution in [2.45, 2.75) is 25.4 Å². The number of nitrogens with zero attached hydrogens (tertiary/aromatic N) is 1. The van der Waals surface area contributed by atoms with Gasteiger partial charge in [-0.05, 0) is 36.5 Å². The third kappa shape index (κ3) is 4.13. The molecule has 0 aliphatic heterocycles. The van der Waals surface area contributed by atoms with Crippen LogP contribution >= 0.6 is 0 Å². The van der Waals surface area contributed by atoms with Gasteiger partial charge in [-0.15, -0.1) is 0 Å². The largest absolute Gasteiger partial charge is 0.383 e. The van der Waals surface area contributed by atoms with Gasteiger partial charge >= 0.3 is 6.03 Å². The quantitative estimate of drug-likeness (QED) is 0.820. The molecule has 2 rings (SSSR count). The number of hydrogen-bond donors (Lipinski definition) is 1. The molecule has 0 aromatic heterocycles. The van der Waals surface area contributed by atoms with Crippen LogP contribution in [0.5, 0.6) is 0 Å². The predicted octanol–water partition coefficient (Wildman–Crippen LogP) is 2.67. The van der Waals surface area contributed by atoms with Gasteiger partial charge in [-0.1, -0.05) is 0 Å². The van der Waals surface area contributed by atoms with E-state index in [1.807, 2.05) is 0 Å². The van der Waals surface area contributed by atoms with Crippen molar-refractivity contribution in [3.63, 3.8) is 0 Å². The lowest BCUT2D eigenvalue weighted by molar-refractivity contribution is 0.149. The summed E-state index contributed by atoms with van der Waals surface area (Å²) in [5.41, 5.74) is 0.184. The van der Waals surface area contributed by atoms with Crippen molar-refractivity contribution in [2.24, 2.45) is 5.92 Å². The molecule has 0 bridgehead atoms. The Bertz CT molecular complexity index is 527. The van der Waals surface area contributed by atoms with Crippen LogP contribution in [0.3, 0.4) is 0 Å². The Morgan fingerprint density at radius 2 is 1.95 bits per heavy atom. The van der Waals surface area contributed by atoms with Crippen LogP contribution in [0.2, 0.25) is 0 Å². The number of halogens is 3. The van der Waals surface area contributed by atoms with Gasteiger partial charge in [-0.2, -0.15) is 0 Å². The summed E-state index contributed by atoms with van der Waals surface area (Å²) in [5.74, 6) is -3.62. The number of carbonyl (C=O) groups is 1. The number of urea groups is 1. The van der Waals surface area contributed by atoms with E-state index in [0.717, 1.165) is 25.0 Å². The Balaban J connectivity index is 1.96. The highest BCUT2D eigenvalue weighted by molar-refractivity contribution is 5.74. The molecule has 0 spiro atoms. The monoisotopic (exact) mass is 316 g/mol. The average Bonchev–Trinajstić information content (AvgIpc) is 3.28. The Labute approximate surface area is 127 Å². The van der Waals surface area contributed by atoms with E-state index < -0.39 is 17.5 Å². The Hall–Kier alpha value is -1.76. The maximum atomic E-state index is 13.2. The first-order valence-corrected chi connectivity index (χ1v) is 7.06. The number of hydrogen-bond acceptors (Lipinski definition) is 2. The zero-order valence-corrected chi connectivity index (χ0v) is 12.5. The summed E-state index contributed by atoms with van der Waals surface area (Å²) in [4.78, 5) is 13.4. The Morgan fingerprint density at radius 3 is 2.45 bits per heavy atom. The number of rotatable bonds is 6. The minimum atomic E-state index is -1.51. The number of amides is 2.